The molecule has 5 heteroatoms. The minimum atomic E-state index is -2.83. The number of hydrogen-bond donors (Lipinski definition) is 2. The fourth-order valence-corrected chi connectivity index (χ4v) is 2.57. The summed E-state index contributed by atoms with van der Waals surface area (Å²) in [4.78, 5) is 0. The summed E-state index contributed by atoms with van der Waals surface area (Å²) in [5.41, 5.74) is 3.44. The van der Waals surface area contributed by atoms with Crippen molar-refractivity contribution in [3.8, 4) is 5.75 Å². The van der Waals surface area contributed by atoms with Crippen LogP contribution in [0.3, 0.4) is 0 Å². The van der Waals surface area contributed by atoms with Crippen molar-refractivity contribution in [3.05, 3.63) is 29.8 Å². The maximum Gasteiger partial charge on any atom is 0.387 e. The van der Waals surface area contributed by atoms with Crippen molar-refractivity contribution in [3.63, 3.8) is 0 Å². The van der Waals surface area contributed by atoms with Gasteiger partial charge in [-0.1, -0.05) is 57.7 Å². The molecule has 0 bridgehead atoms. The van der Waals surface area contributed by atoms with Gasteiger partial charge < -0.3 is 4.74 Å². The predicted molar refractivity (Wildman–Crippen MR) is 81.1 cm³/mol. The molecule has 120 valence electrons. The second-order valence-electron chi connectivity index (χ2n) is 5.29. The lowest BCUT2D eigenvalue weighted by Gasteiger charge is -2.24. The molecule has 1 rings (SSSR count). The largest absolute Gasteiger partial charge is 0.434 e. The minimum absolute atomic E-state index is 0.179. The van der Waals surface area contributed by atoms with Crippen LogP contribution >= 0.6 is 0 Å². The Balaban J connectivity index is 2.83. The van der Waals surface area contributed by atoms with E-state index >= 15 is 0 Å². The third-order valence-corrected chi connectivity index (χ3v) is 3.82. The monoisotopic (exact) mass is 300 g/mol. The number of nitrogens with two attached hydrogens (primary N) is 1. The topological polar surface area (TPSA) is 47.3 Å². The molecule has 0 radical (unpaired) electrons. The van der Waals surface area contributed by atoms with Crippen LogP contribution in [0.5, 0.6) is 5.75 Å². The Morgan fingerprint density at radius 1 is 1.24 bits per heavy atom. The number of rotatable bonds is 10. The van der Waals surface area contributed by atoms with Crippen molar-refractivity contribution in [1.29, 1.82) is 0 Å². The second kappa shape index (κ2) is 9.68. The summed E-state index contributed by atoms with van der Waals surface area (Å²) in [6.07, 6.45) is 5.32. The maximum atomic E-state index is 12.5. The summed E-state index contributed by atoms with van der Waals surface area (Å²) in [6, 6.07) is 6.66. The summed E-state index contributed by atoms with van der Waals surface area (Å²) >= 11 is 0. The van der Waals surface area contributed by atoms with Crippen molar-refractivity contribution in [2.75, 3.05) is 0 Å². The van der Waals surface area contributed by atoms with E-state index in [-0.39, 0.29) is 11.8 Å². The lowest BCUT2D eigenvalue weighted by Crippen LogP contribution is -2.30. The summed E-state index contributed by atoms with van der Waals surface area (Å²) in [5.74, 6) is 6.36. The number of benzene rings is 1. The molecule has 2 unspecified atom stereocenters. The molecule has 1 aromatic rings. The third-order valence-electron chi connectivity index (χ3n) is 3.82. The number of unbranched alkanes of at least 4 members (excludes halogenated alkanes) is 1. The van der Waals surface area contributed by atoms with Crippen molar-refractivity contribution < 1.29 is 13.5 Å². The standard InChI is InChI=1S/C16H26F2N2O/c1-3-5-8-12(4-2)11-14(20-19)13-9-6-7-10-15(13)21-16(17)18/h6-7,9-10,12,14,16,20H,3-5,8,11,19H2,1-2H3. The molecule has 3 nitrogen and oxygen atoms in total. The zero-order valence-corrected chi connectivity index (χ0v) is 12.8. The van der Waals surface area contributed by atoms with E-state index in [4.69, 9.17) is 5.84 Å². The van der Waals surface area contributed by atoms with Crippen LogP contribution in [0.1, 0.15) is 57.6 Å². The van der Waals surface area contributed by atoms with Crippen LogP contribution in [0, 0.1) is 5.92 Å². The molecular weight excluding hydrogens is 274 g/mol. The molecule has 1 aromatic carbocycles. The van der Waals surface area contributed by atoms with Crippen molar-refractivity contribution in [2.45, 2.75) is 58.6 Å². The van der Waals surface area contributed by atoms with Crippen LogP contribution in [0.25, 0.3) is 0 Å². The van der Waals surface area contributed by atoms with Gasteiger partial charge in [-0.25, -0.2) is 0 Å². The van der Waals surface area contributed by atoms with E-state index in [0.717, 1.165) is 25.7 Å². The number of alkyl halides is 2. The van der Waals surface area contributed by atoms with Gasteiger partial charge in [0.15, 0.2) is 0 Å². The number of para-hydroxylation sites is 1. The molecule has 0 heterocycles. The van der Waals surface area contributed by atoms with Gasteiger partial charge in [0.25, 0.3) is 0 Å². The molecule has 0 saturated heterocycles. The molecule has 0 spiro atoms. The Morgan fingerprint density at radius 3 is 2.52 bits per heavy atom. The zero-order chi connectivity index (χ0) is 15.7. The Kier molecular flexibility index (Phi) is 8.23. The van der Waals surface area contributed by atoms with Crippen molar-refractivity contribution >= 4 is 0 Å². The average Bonchev–Trinajstić information content (AvgIpc) is 2.48. The van der Waals surface area contributed by atoms with Gasteiger partial charge in [-0.2, -0.15) is 8.78 Å². The van der Waals surface area contributed by atoms with Crippen LogP contribution in [0.15, 0.2) is 24.3 Å². The van der Waals surface area contributed by atoms with Crippen molar-refractivity contribution in [2.24, 2.45) is 11.8 Å². The van der Waals surface area contributed by atoms with E-state index in [2.05, 4.69) is 24.0 Å². The number of halogens is 2. The van der Waals surface area contributed by atoms with Gasteiger partial charge in [0.1, 0.15) is 5.75 Å². The van der Waals surface area contributed by atoms with E-state index in [0.29, 0.717) is 11.5 Å². The van der Waals surface area contributed by atoms with E-state index in [1.54, 1.807) is 18.2 Å². The predicted octanol–water partition coefficient (Wildman–Crippen LogP) is 4.40. The first-order valence-corrected chi connectivity index (χ1v) is 7.62. The number of hydrogen-bond acceptors (Lipinski definition) is 3. The van der Waals surface area contributed by atoms with Crippen molar-refractivity contribution in [1.82, 2.24) is 5.43 Å². The highest BCUT2D eigenvalue weighted by atomic mass is 19.3. The summed E-state index contributed by atoms with van der Waals surface area (Å²) in [5, 5.41) is 0. The fraction of sp³-hybridized carbons (Fsp3) is 0.625. The Labute approximate surface area is 125 Å². The average molecular weight is 300 g/mol. The first kappa shape index (κ1) is 17.9. The molecule has 3 N–H and O–H groups in total. The highest BCUT2D eigenvalue weighted by Crippen LogP contribution is 2.32. The molecule has 2 atom stereocenters. The lowest BCUT2D eigenvalue weighted by atomic mass is 9.89. The summed E-state index contributed by atoms with van der Waals surface area (Å²) < 4.78 is 29.6. The van der Waals surface area contributed by atoms with Gasteiger partial charge in [-0.3, -0.25) is 11.3 Å². The quantitative estimate of drug-likeness (QED) is 0.497. The second-order valence-corrected chi connectivity index (χ2v) is 5.29. The number of nitrogens with one attached hydrogen (secondary N) is 1. The molecular formula is C16H26F2N2O. The first-order valence-electron chi connectivity index (χ1n) is 7.62. The van der Waals surface area contributed by atoms with E-state index in [9.17, 15) is 8.78 Å². The highest BCUT2D eigenvalue weighted by Gasteiger charge is 2.20. The molecule has 0 aromatic heterocycles. The molecule has 0 aliphatic heterocycles. The third kappa shape index (κ3) is 5.98. The summed E-state index contributed by atoms with van der Waals surface area (Å²) in [6.45, 7) is 1.48. The van der Waals surface area contributed by atoms with Gasteiger partial charge in [-0.05, 0) is 18.4 Å². The number of hydrazine groups is 1. The van der Waals surface area contributed by atoms with Crippen LogP contribution in [0.2, 0.25) is 0 Å². The van der Waals surface area contributed by atoms with Gasteiger partial charge >= 0.3 is 6.61 Å². The Morgan fingerprint density at radius 2 is 1.95 bits per heavy atom. The van der Waals surface area contributed by atoms with E-state index in [1.807, 2.05) is 6.07 Å². The molecule has 0 fully saturated rings. The summed E-state index contributed by atoms with van der Waals surface area (Å²) in [7, 11) is 0. The van der Waals surface area contributed by atoms with Crippen LogP contribution in [-0.2, 0) is 0 Å². The van der Waals surface area contributed by atoms with Crippen LogP contribution in [-0.4, -0.2) is 6.61 Å². The zero-order valence-electron chi connectivity index (χ0n) is 12.8. The van der Waals surface area contributed by atoms with Gasteiger partial charge in [0.05, 0.1) is 0 Å². The molecule has 0 aliphatic rings. The SMILES string of the molecule is CCCCC(CC)CC(NN)c1ccccc1OC(F)F. The normalized spacial score (nSPS) is 14.2. The molecule has 21 heavy (non-hydrogen) atoms. The van der Waals surface area contributed by atoms with E-state index in [1.165, 1.54) is 6.42 Å². The van der Waals surface area contributed by atoms with Gasteiger partial charge in [0, 0.05) is 11.6 Å². The van der Waals surface area contributed by atoms with E-state index < -0.39 is 6.61 Å². The number of ether oxygens (including phenoxy) is 1. The van der Waals surface area contributed by atoms with Gasteiger partial charge in [0.2, 0.25) is 0 Å². The Bertz CT molecular complexity index is 402. The smallest absolute Gasteiger partial charge is 0.387 e. The minimum Gasteiger partial charge on any atom is -0.434 e. The highest BCUT2D eigenvalue weighted by molar-refractivity contribution is 5.36. The van der Waals surface area contributed by atoms with Crippen LogP contribution in [0.4, 0.5) is 8.78 Å². The maximum absolute atomic E-state index is 12.5. The van der Waals surface area contributed by atoms with Crippen LogP contribution < -0.4 is 16.0 Å². The lowest BCUT2D eigenvalue weighted by molar-refractivity contribution is -0.0507. The Hall–Kier alpha value is -1.20. The molecule has 0 aliphatic carbocycles. The first-order chi connectivity index (χ1) is 10.1. The fourth-order valence-electron chi connectivity index (χ4n) is 2.57. The van der Waals surface area contributed by atoms with Gasteiger partial charge in [-0.15, -0.1) is 0 Å². The molecule has 0 saturated carbocycles. The molecule has 0 amide bonds.